The third-order valence-electron chi connectivity index (χ3n) is 5.41. The first-order valence-electron chi connectivity index (χ1n) is 8.59. The summed E-state index contributed by atoms with van der Waals surface area (Å²) in [6, 6.07) is 1.22. The van der Waals surface area contributed by atoms with Crippen molar-refractivity contribution >= 4 is 0 Å². The molecule has 2 aliphatic heterocycles. The molecule has 0 aromatic rings. The van der Waals surface area contributed by atoms with Crippen LogP contribution in [0.4, 0.5) is 0 Å². The lowest BCUT2D eigenvalue weighted by Gasteiger charge is -2.37. The van der Waals surface area contributed by atoms with Crippen LogP contribution in [0, 0.1) is 5.92 Å². The molecule has 0 aliphatic carbocycles. The van der Waals surface area contributed by atoms with E-state index in [0.717, 1.165) is 18.4 Å². The normalized spacial score (nSPS) is 25.2. The number of piperidine rings is 2. The van der Waals surface area contributed by atoms with Crippen LogP contribution in [-0.4, -0.2) is 68.2 Å². The first-order valence-corrected chi connectivity index (χ1v) is 8.59. The molecule has 118 valence electrons. The molecule has 0 radical (unpaired) electrons. The zero-order chi connectivity index (χ0) is 14.4. The monoisotopic (exact) mass is 282 g/mol. The predicted octanol–water partition coefficient (Wildman–Crippen LogP) is 1.12. The molecule has 2 aliphatic rings. The second kappa shape index (κ2) is 8.32. The molecule has 1 atom stereocenters. The van der Waals surface area contributed by atoms with E-state index in [1.165, 1.54) is 65.0 Å². The van der Waals surface area contributed by atoms with Gasteiger partial charge >= 0.3 is 0 Å². The maximum absolute atomic E-state index is 6.18. The number of hydrogen-bond acceptors (Lipinski definition) is 4. The fourth-order valence-corrected chi connectivity index (χ4v) is 3.67. The van der Waals surface area contributed by atoms with Gasteiger partial charge in [-0.2, -0.15) is 0 Å². The van der Waals surface area contributed by atoms with Gasteiger partial charge in [0.1, 0.15) is 0 Å². The summed E-state index contributed by atoms with van der Waals surface area (Å²) in [5.74, 6) is 0.762. The summed E-state index contributed by atoms with van der Waals surface area (Å²) >= 11 is 0. The molecule has 1 unspecified atom stereocenters. The maximum Gasteiger partial charge on any atom is 0.0117 e. The zero-order valence-corrected chi connectivity index (χ0v) is 13.5. The van der Waals surface area contributed by atoms with E-state index < -0.39 is 0 Å². The highest BCUT2D eigenvalue weighted by Gasteiger charge is 2.24. The average molecular weight is 282 g/mol. The van der Waals surface area contributed by atoms with Gasteiger partial charge in [0.2, 0.25) is 0 Å². The molecule has 20 heavy (non-hydrogen) atoms. The molecule has 0 aromatic carbocycles. The number of nitrogens with one attached hydrogen (secondary N) is 1. The van der Waals surface area contributed by atoms with Gasteiger partial charge < -0.3 is 20.9 Å². The largest absolute Gasteiger partial charge is 0.327 e. The van der Waals surface area contributed by atoms with Crippen molar-refractivity contribution in [3.63, 3.8) is 0 Å². The van der Waals surface area contributed by atoms with Gasteiger partial charge in [0.15, 0.2) is 0 Å². The Bertz CT molecular complexity index is 257. The first kappa shape index (κ1) is 16.2. The standard InChI is InChI=1S/C16H34N4/c1-3-16(17)14-6-10-20(11-7-14)13-12-19(2)15-4-8-18-9-5-15/h14-16,18H,3-13,17H2,1-2H3. The molecular weight excluding hydrogens is 248 g/mol. The molecule has 2 fully saturated rings. The van der Waals surface area contributed by atoms with Gasteiger partial charge in [-0.15, -0.1) is 0 Å². The highest BCUT2D eigenvalue weighted by Crippen LogP contribution is 2.21. The highest BCUT2D eigenvalue weighted by molar-refractivity contribution is 4.81. The summed E-state index contributed by atoms with van der Waals surface area (Å²) in [5.41, 5.74) is 6.18. The van der Waals surface area contributed by atoms with Crippen LogP contribution in [0.3, 0.4) is 0 Å². The third-order valence-corrected chi connectivity index (χ3v) is 5.41. The lowest BCUT2D eigenvalue weighted by Crippen LogP contribution is -2.46. The minimum Gasteiger partial charge on any atom is -0.327 e. The van der Waals surface area contributed by atoms with Crippen molar-refractivity contribution in [2.24, 2.45) is 11.7 Å². The second-order valence-corrected chi connectivity index (χ2v) is 6.71. The Hall–Kier alpha value is -0.160. The Kier molecular flexibility index (Phi) is 6.75. The van der Waals surface area contributed by atoms with Gasteiger partial charge in [0.25, 0.3) is 0 Å². The summed E-state index contributed by atoms with van der Waals surface area (Å²) in [4.78, 5) is 5.21. The molecule has 2 heterocycles. The molecule has 2 rings (SSSR count). The quantitative estimate of drug-likeness (QED) is 0.766. The van der Waals surface area contributed by atoms with Crippen molar-refractivity contribution in [2.45, 2.75) is 51.1 Å². The summed E-state index contributed by atoms with van der Waals surface area (Å²) < 4.78 is 0. The van der Waals surface area contributed by atoms with Crippen LogP contribution in [0.2, 0.25) is 0 Å². The van der Waals surface area contributed by atoms with Crippen LogP contribution in [-0.2, 0) is 0 Å². The lowest BCUT2D eigenvalue weighted by molar-refractivity contribution is 0.130. The van der Waals surface area contributed by atoms with Crippen LogP contribution in [0.1, 0.15) is 39.0 Å². The van der Waals surface area contributed by atoms with Crippen LogP contribution < -0.4 is 11.1 Å². The van der Waals surface area contributed by atoms with E-state index in [0.29, 0.717) is 6.04 Å². The maximum atomic E-state index is 6.18. The first-order chi connectivity index (χ1) is 9.70. The summed E-state index contributed by atoms with van der Waals surface area (Å²) in [6.07, 6.45) is 6.34. The van der Waals surface area contributed by atoms with Crippen molar-refractivity contribution in [2.75, 3.05) is 46.3 Å². The molecule has 0 bridgehead atoms. The van der Waals surface area contributed by atoms with Gasteiger partial charge in [-0.05, 0) is 71.2 Å². The van der Waals surface area contributed by atoms with Crippen molar-refractivity contribution in [3.05, 3.63) is 0 Å². The summed E-state index contributed by atoms with van der Waals surface area (Å²) in [7, 11) is 2.30. The molecule has 3 N–H and O–H groups in total. The van der Waals surface area contributed by atoms with Crippen LogP contribution in [0.15, 0.2) is 0 Å². The smallest absolute Gasteiger partial charge is 0.0117 e. The Balaban J connectivity index is 1.63. The van der Waals surface area contributed by atoms with Crippen LogP contribution >= 0.6 is 0 Å². The van der Waals surface area contributed by atoms with E-state index in [1.54, 1.807) is 0 Å². The number of nitrogens with zero attached hydrogens (tertiary/aromatic N) is 2. The predicted molar refractivity (Wildman–Crippen MR) is 86.0 cm³/mol. The van der Waals surface area contributed by atoms with E-state index in [-0.39, 0.29) is 0 Å². The Morgan fingerprint density at radius 2 is 1.85 bits per heavy atom. The van der Waals surface area contributed by atoms with Gasteiger partial charge in [-0.3, -0.25) is 0 Å². The van der Waals surface area contributed by atoms with E-state index in [2.05, 4.69) is 29.1 Å². The molecule has 0 aromatic heterocycles. The number of likely N-dealkylation sites (tertiary alicyclic amines) is 1. The SMILES string of the molecule is CCC(N)C1CCN(CCN(C)C2CCNCC2)CC1. The van der Waals surface area contributed by atoms with E-state index in [1.807, 2.05) is 0 Å². The van der Waals surface area contributed by atoms with E-state index in [9.17, 15) is 0 Å². The fraction of sp³-hybridized carbons (Fsp3) is 1.00. The van der Waals surface area contributed by atoms with E-state index in [4.69, 9.17) is 5.73 Å². The minimum atomic E-state index is 0.426. The molecule has 0 amide bonds. The molecule has 0 saturated carbocycles. The van der Waals surface area contributed by atoms with Gasteiger partial charge in [0, 0.05) is 25.2 Å². The van der Waals surface area contributed by atoms with Gasteiger partial charge in [-0.1, -0.05) is 6.92 Å². The number of rotatable bonds is 6. The summed E-state index contributed by atoms with van der Waals surface area (Å²) in [5, 5.41) is 3.45. The van der Waals surface area contributed by atoms with Crippen molar-refractivity contribution in [1.82, 2.24) is 15.1 Å². The minimum absolute atomic E-state index is 0.426. The Labute approximate surface area is 125 Å². The van der Waals surface area contributed by atoms with Crippen molar-refractivity contribution in [3.8, 4) is 0 Å². The summed E-state index contributed by atoms with van der Waals surface area (Å²) in [6.45, 7) is 9.54. The lowest BCUT2D eigenvalue weighted by atomic mass is 9.88. The van der Waals surface area contributed by atoms with Crippen LogP contribution in [0.5, 0.6) is 0 Å². The van der Waals surface area contributed by atoms with Crippen LogP contribution in [0.25, 0.3) is 0 Å². The molecule has 0 spiro atoms. The second-order valence-electron chi connectivity index (χ2n) is 6.71. The molecule has 4 heteroatoms. The molecule has 2 saturated heterocycles. The van der Waals surface area contributed by atoms with Crippen molar-refractivity contribution < 1.29 is 0 Å². The van der Waals surface area contributed by atoms with Gasteiger partial charge in [0.05, 0.1) is 0 Å². The van der Waals surface area contributed by atoms with E-state index >= 15 is 0 Å². The Morgan fingerprint density at radius 1 is 1.20 bits per heavy atom. The number of likely N-dealkylation sites (N-methyl/N-ethyl adjacent to an activating group) is 1. The highest BCUT2D eigenvalue weighted by atomic mass is 15.2. The number of nitrogens with two attached hydrogens (primary N) is 1. The molecular formula is C16H34N4. The number of hydrogen-bond donors (Lipinski definition) is 2. The van der Waals surface area contributed by atoms with Crippen molar-refractivity contribution in [1.29, 1.82) is 0 Å². The molecule has 4 nitrogen and oxygen atoms in total. The Morgan fingerprint density at radius 3 is 2.45 bits per heavy atom. The zero-order valence-electron chi connectivity index (χ0n) is 13.5. The average Bonchev–Trinajstić information content (AvgIpc) is 2.53. The van der Waals surface area contributed by atoms with Gasteiger partial charge in [-0.25, -0.2) is 0 Å². The topological polar surface area (TPSA) is 44.5 Å². The fourth-order valence-electron chi connectivity index (χ4n) is 3.67. The third kappa shape index (κ3) is 4.69.